The van der Waals surface area contributed by atoms with Crippen LogP contribution < -0.4 is 14.2 Å². The van der Waals surface area contributed by atoms with Gasteiger partial charge in [0.15, 0.2) is 0 Å². The van der Waals surface area contributed by atoms with Crippen LogP contribution in [0.3, 0.4) is 0 Å². The lowest BCUT2D eigenvalue weighted by atomic mass is 9.97. The molecule has 0 aliphatic carbocycles. The molecular weight excluding hydrogens is 292 g/mol. The van der Waals surface area contributed by atoms with Gasteiger partial charge in [0.25, 0.3) is 0 Å². The predicted octanol–water partition coefficient (Wildman–Crippen LogP) is 3.63. The molecule has 0 N–H and O–H groups in total. The largest absolute Gasteiger partial charge is 0.494 e. The highest BCUT2D eigenvalue weighted by Crippen LogP contribution is 2.28. The summed E-state index contributed by atoms with van der Waals surface area (Å²) < 4.78 is 16.6. The fourth-order valence-corrected chi connectivity index (χ4v) is 2.50. The minimum absolute atomic E-state index is 0.262. The van der Waals surface area contributed by atoms with Crippen LogP contribution in [-0.4, -0.2) is 19.2 Å². The van der Waals surface area contributed by atoms with Crippen molar-refractivity contribution in [2.45, 2.75) is 19.8 Å². The summed E-state index contributed by atoms with van der Waals surface area (Å²) in [7, 11) is 0. The molecule has 120 valence electrons. The molecule has 0 aromatic heterocycles. The molecular formula is C19H20O4. The van der Waals surface area contributed by atoms with E-state index in [2.05, 4.69) is 6.92 Å². The maximum Gasteiger partial charge on any atom is 0.318 e. The standard InChI is InChI=1S/C19H20O4/c1-2-11-21-16-7-9-17(10-8-16)23-19(20)15-12-14-5-3-4-6-18(14)22-13-15/h3-10,15H,2,11-13H2,1H3. The molecule has 0 fully saturated rings. The number of ether oxygens (including phenoxy) is 3. The number of hydrogen-bond donors (Lipinski definition) is 0. The quantitative estimate of drug-likeness (QED) is 0.625. The Morgan fingerprint density at radius 2 is 1.87 bits per heavy atom. The van der Waals surface area contributed by atoms with E-state index in [4.69, 9.17) is 14.2 Å². The number of para-hydroxylation sites is 1. The molecule has 0 spiro atoms. The van der Waals surface area contributed by atoms with Gasteiger partial charge in [0.2, 0.25) is 0 Å². The zero-order valence-corrected chi connectivity index (χ0v) is 13.2. The Bertz CT molecular complexity index is 663. The molecule has 2 aromatic rings. The second kappa shape index (κ2) is 7.18. The second-order valence-electron chi connectivity index (χ2n) is 5.56. The van der Waals surface area contributed by atoms with Crippen molar-refractivity contribution in [1.82, 2.24) is 0 Å². The summed E-state index contributed by atoms with van der Waals surface area (Å²) in [6.07, 6.45) is 1.60. The zero-order valence-electron chi connectivity index (χ0n) is 13.2. The van der Waals surface area contributed by atoms with Crippen LogP contribution in [0.25, 0.3) is 0 Å². The third kappa shape index (κ3) is 3.83. The third-order valence-electron chi connectivity index (χ3n) is 3.73. The van der Waals surface area contributed by atoms with Crippen molar-refractivity contribution in [1.29, 1.82) is 0 Å². The van der Waals surface area contributed by atoms with Gasteiger partial charge in [-0.3, -0.25) is 4.79 Å². The van der Waals surface area contributed by atoms with Crippen molar-refractivity contribution in [2.75, 3.05) is 13.2 Å². The normalized spacial score (nSPS) is 16.1. The van der Waals surface area contributed by atoms with Gasteiger partial charge < -0.3 is 14.2 Å². The SMILES string of the molecule is CCCOc1ccc(OC(=O)C2COc3ccccc3C2)cc1. The van der Waals surface area contributed by atoms with E-state index >= 15 is 0 Å². The third-order valence-corrected chi connectivity index (χ3v) is 3.73. The van der Waals surface area contributed by atoms with Crippen LogP contribution in [0.15, 0.2) is 48.5 Å². The molecule has 1 aliphatic heterocycles. The lowest BCUT2D eigenvalue weighted by molar-refractivity contribution is -0.140. The van der Waals surface area contributed by atoms with E-state index in [9.17, 15) is 4.79 Å². The van der Waals surface area contributed by atoms with Gasteiger partial charge in [-0.1, -0.05) is 25.1 Å². The molecule has 0 amide bonds. The van der Waals surface area contributed by atoms with Crippen LogP contribution >= 0.6 is 0 Å². The smallest absolute Gasteiger partial charge is 0.318 e. The molecule has 2 aromatic carbocycles. The molecule has 4 heteroatoms. The van der Waals surface area contributed by atoms with Crippen molar-refractivity contribution in [3.63, 3.8) is 0 Å². The summed E-state index contributed by atoms with van der Waals surface area (Å²) in [5.41, 5.74) is 1.05. The number of rotatable bonds is 5. The van der Waals surface area contributed by atoms with Crippen molar-refractivity contribution in [2.24, 2.45) is 5.92 Å². The Hall–Kier alpha value is -2.49. The van der Waals surface area contributed by atoms with Crippen LogP contribution in [0.2, 0.25) is 0 Å². The molecule has 1 atom stereocenters. The van der Waals surface area contributed by atoms with Gasteiger partial charge in [0, 0.05) is 0 Å². The number of benzene rings is 2. The summed E-state index contributed by atoms with van der Waals surface area (Å²) in [6.45, 7) is 3.09. The highest BCUT2D eigenvalue weighted by Gasteiger charge is 2.27. The molecule has 1 unspecified atom stereocenters. The van der Waals surface area contributed by atoms with Gasteiger partial charge in [0.05, 0.1) is 12.5 Å². The van der Waals surface area contributed by atoms with E-state index in [-0.39, 0.29) is 11.9 Å². The van der Waals surface area contributed by atoms with E-state index in [1.54, 1.807) is 12.1 Å². The van der Waals surface area contributed by atoms with E-state index < -0.39 is 0 Å². The van der Waals surface area contributed by atoms with E-state index in [1.165, 1.54) is 0 Å². The summed E-state index contributed by atoms with van der Waals surface area (Å²) in [6, 6.07) is 14.9. The molecule has 0 saturated heterocycles. The molecule has 3 rings (SSSR count). The van der Waals surface area contributed by atoms with Crippen molar-refractivity contribution in [3.8, 4) is 17.2 Å². The van der Waals surface area contributed by atoms with Crippen LogP contribution in [0.1, 0.15) is 18.9 Å². The summed E-state index contributed by atoms with van der Waals surface area (Å²) in [4.78, 5) is 12.3. The maximum absolute atomic E-state index is 12.3. The van der Waals surface area contributed by atoms with E-state index in [0.717, 1.165) is 23.5 Å². The molecule has 0 saturated carbocycles. The first-order chi connectivity index (χ1) is 11.3. The molecule has 4 nitrogen and oxygen atoms in total. The molecule has 1 aliphatic rings. The summed E-state index contributed by atoms with van der Waals surface area (Å²) in [5, 5.41) is 0. The maximum atomic E-state index is 12.3. The Morgan fingerprint density at radius 1 is 1.13 bits per heavy atom. The minimum Gasteiger partial charge on any atom is -0.494 e. The summed E-state index contributed by atoms with van der Waals surface area (Å²) >= 11 is 0. The van der Waals surface area contributed by atoms with E-state index in [0.29, 0.717) is 25.4 Å². The Kier molecular flexibility index (Phi) is 4.81. The summed E-state index contributed by atoms with van der Waals surface area (Å²) in [5.74, 6) is 1.62. The van der Waals surface area contributed by atoms with Gasteiger partial charge in [-0.05, 0) is 48.7 Å². The molecule has 0 radical (unpaired) electrons. The van der Waals surface area contributed by atoms with Crippen molar-refractivity contribution < 1.29 is 19.0 Å². The van der Waals surface area contributed by atoms with Crippen molar-refractivity contribution in [3.05, 3.63) is 54.1 Å². The monoisotopic (exact) mass is 312 g/mol. The van der Waals surface area contributed by atoms with Gasteiger partial charge in [0.1, 0.15) is 23.9 Å². The predicted molar refractivity (Wildman–Crippen MR) is 87.0 cm³/mol. The topological polar surface area (TPSA) is 44.8 Å². The lowest BCUT2D eigenvalue weighted by Crippen LogP contribution is -2.31. The molecule has 23 heavy (non-hydrogen) atoms. The van der Waals surface area contributed by atoms with Crippen LogP contribution in [0.4, 0.5) is 0 Å². The fraction of sp³-hybridized carbons (Fsp3) is 0.316. The van der Waals surface area contributed by atoms with Gasteiger partial charge in [-0.15, -0.1) is 0 Å². The van der Waals surface area contributed by atoms with Gasteiger partial charge >= 0.3 is 5.97 Å². The molecule has 0 bridgehead atoms. The number of esters is 1. The Balaban J connectivity index is 1.59. The zero-order chi connectivity index (χ0) is 16.1. The average Bonchev–Trinajstić information content (AvgIpc) is 2.60. The highest BCUT2D eigenvalue weighted by atomic mass is 16.5. The fourth-order valence-electron chi connectivity index (χ4n) is 2.50. The number of carbonyl (C=O) groups is 1. The average molecular weight is 312 g/mol. The van der Waals surface area contributed by atoms with Crippen LogP contribution in [-0.2, 0) is 11.2 Å². The minimum atomic E-state index is -0.277. The first-order valence-corrected chi connectivity index (χ1v) is 7.91. The lowest BCUT2D eigenvalue weighted by Gasteiger charge is -2.23. The number of carbonyl (C=O) groups excluding carboxylic acids is 1. The van der Waals surface area contributed by atoms with Gasteiger partial charge in [-0.2, -0.15) is 0 Å². The van der Waals surface area contributed by atoms with Crippen LogP contribution in [0, 0.1) is 5.92 Å². The Labute approximate surface area is 136 Å². The number of hydrogen-bond acceptors (Lipinski definition) is 4. The first-order valence-electron chi connectivity index (χ1n) is 7.91. The van der Waals surface area contributed by atoms with E-state index in [1.807, 2.05) is 36.4 Å². The van der Waals surface area contributed by atoms with Crippen molar-refractivity contribution >= 4 is 5.97 Å². The molecule has 1 heterocycles. The Morgan fingerprint density at radius 3 is 2.65 bits per heavy atom. The highest BCUT2D eigenvalue weighted by molar-refractivity contribution is 5.76. The first kappa shape index (κ1) is 15.4. The van der Waals surface area contributed by atoms with Gasteiger partial charge in [-0.25, -0.2) is 0 Å². The number of fused-ring (bicyclic) bond motifs is 1. The van der Waals surface area contributed by atoms with Crippen LogP contribution in [0.5, 0.6) is 17.2 Å². The second-order valence-corrected chi connectivity index (χ2v) is 5.56.